The van der Waals surface area contributed by atoms with Gasteiger partial charge in [-0.25, -0.2) is 4.98 Å². The Hall–Kier alpha value is -3.60. The van der Waals surface area contributed by atoms with Gasteiger partial charge in [-0.3, -0.25) is 4.79 Å². The van der Waals surface area contributed by atoms with Gasteiger partial charge in [-0.1, -0.05) is 60.7 Å². The number of aromatic nitrogens is 2. The van der Waals surface area contributed by atoms with E-state index in [4.69, 9.17) is 4.98 Å². The second kappa shape index (κ2) is 9.81. The highest BCUT2D eigenvalue weighted by molar-refractivity contribution is 5.80. The van der Waals surface area contributed by atoms with Gasteiger partial charge in [0.15, 0.2) is 0 Å². The molecule has 2 aliphatic rings. The van der Waals surface area contributed by atoms with Crippen molar-refractivity contribution in [2.24, 2.45) is 5.92 Å². The lowest BCUT2D eigenvalue weighted by molar-refractivity contribution is -0.126. The van der Waals surface area contributed by atoms with E-state index in [1.807, 2.05) is 0 Å². The fourth-order valence-electron chi connectivity index (χ4n) is 5.95. The zero-order valence-electron chi connectivity index (χ0n) is 21.0. The van der Waals surface area contributed by atoms with Gasteiger partial charge in [0.25, 0.3) is 0 Å². The van der Waals surface area contributed by atoms with Gasteiger partial charge in [-0.05, 0) is 73.4 Å². The van der Waals surface area contributed by atoms with E-state index in [0.29, 0.717) is 0 Å². The van der Waals surface area contributed by atoms with Crippen LogP contribution in [0.3, 0.4) is 0 Å². The van der Waals surface area contributed by atoms with E-state index in [0.717, 1.165) is 68.7 Å². The number of piperidine rings is 1. The average Bonchev–Trinajstić information content (AvgIpc) is 3.28. The van der Waals surface area contributed by atoms with Crippen LogP contribution in [0.2, 0.25) is 0 Å². The van der Waals surface area contributed by atoms with Crippen LogP contribution in [-0.4, -0.2) is 28.5 Å². The Kier molecular flexibility index (Phi) is 6.22. The molecule has 0 radical (unpaired) electrons. The predicted molar refractivity (Wildman–Crippen MR) is 145 cm³/mol. The van der Waals surface area contributed by atoms with Crippen molar-refractivity contribution in [1.29, 1.82) is 0 Å². The van der Waals surface area contributed by atoms with Gasteiger partial charge >= 0.3 is 0 Å². The molecule has 1 aliphatic carbocycles. The summed E-state index contributed by atoms with van der Waals surface area (Å²) in [5.41, 5.74) is 7.48. The molecule has 4 aromatic rings. The third-order valence-corrected chi connectivity index (χ3v) is 8.06. The molecule has 3 aromatic carbocycles. The van der Waals surface area contributed by atoms with Crippen molar-refractivity contribution in [1.82, 2.24) is 14.9 Å². The highest BCUT2D eigenvalue weighted by Gasteiger charge is 2.30. The Bertz CT molecular complexity index is 1380. The van der Waals surface area contributed by atoms with E-state index in [2.05, 4.69) is 94.5 Å². The van der Waals surface area contributed by atoms with Gasteiger partial charge in [0.05, 0.1) is 23.6 Å². The van der Waals surface area contributed by atoms with E-state index in [-0.39, 0.29) is 17.9 Å². The van der Waals surface area contributed by atoms with E-state index in [9.17, 15) is 4.79 Å². The number of rotatable bonds is 5. The topological polar surface area (TPSA) is 50.2 Å². The number of hydrogen-bond donors (Lipinski definition) is 1. The average molecular weight is 479 g/mol. The number of fused-ring (bicyclic) bond motifs is 2. The van der Waals surface area contributed by atoms with Crippen molar-refractivity contribution in [3.05, 3.63) is 95.1 Å². The summed E-state index contributed by atoms with van der Waals surface area (Å²) in [6.07, 6.45) is 4.99. The minimum Gasteiger partial charge on any atom is -0.349 e. The minimum absolute atomic E-state index is 0.0598. The molecule has 1 aliphatic heterocycles. The van der Waals surface area contributed by atoms with Crippen molar-refractivity contribution in [3.63, 3.8) is 0 Å². The van der Waals surface area contributed by atoms with Crippen LogP contribution in [0.15, 0.2) is 72.8 Å². The summed E-state index contributed by atoms with van der Waals surface area (Å²) in [5, 5.41) is 3.39. The summed E-state index contributed by atoms with van der Waals surface area (Å²) in [5.74, 6) is 1.29. The third-order valence-electron chi connectivity index (χ3n) is 8.06. The second-order valence-electron chi connectivity index (χ2n) is 10.3. The normalized spacial score (nSPS) is 18.2. The summed E-state index contributed by atoms with van der Waals surface area (Å²) in [6.45, 7) is 4.65. The number of benzene rings is 3. The Morgan fingerprint density at radius 3 is 2.56 bits per heavy atom. The molecule has 5 nitrogen and oxygen atoms in total. The molecule has 0 bridgehead atoms. The van der Waals surface area contributed by atoms with Crippen LogP contribution >= 0.6 is 0 Å². The standard InChI is InChI=1S/C31H34N4O/c1-22-9-2-3-11-25(22)21-35-29-16-7-6-14-28(29)33-31(35)34-19-17-24(18-20-34)30(36)32-27-15-8-12-23-10-4-5-13-26(23)27/h2-7,9-11,13-14,16,24,27H,8,12,15,17-21H2,1H3,(H,32,36)/t27-/m1/s1. The van der Waals surface area contributed by atoms with Crippen molar-refractivity contribution in [2.75, 3.05) is 18.0 Å². The number of anilines is 1. The number of nitrogens with one attached hydrogen (secondary N) is 1. The second-order valence-corrected chi connectivity index (χ2v) is 10.3. The van der Waals surface area contributed by atoms with Gasteiger partial charge in [0, 0.05) is 19.0 Å². The minimum atomic E-state index is 0.0598. The molecule has 184 valence electrons. The van der Waals surface area contributed by atoms with E-state index in [1.165, 1.54) is 22.3 Å². The number of nitrogens with zero attached hydrogens (tertiary/aromatic N) is 3. The molecule has 0 saturated carbocycles. The number of carbonyl (C=O) groups excluding carboxylic acids is 1. The van der Waals surface area contributed by atoms with E-state index in [1.54, 1.807) is 0 Å². The molecule has 6 rings (SSSR count). The highest BCUT2D eigenvalue weighted by Crippen LogP contribution is 2.32. The fraction of sp³-hybridized carbons (Fsp3) is 0.355. The van der Waals surface area contributed by atoms with Crippen molar-refractivity contribution >= 4 is 22.9 Å². The van der Waals surface area contributed by atoms with Crippen LogP contribution in [0, 0.1) is 12.8 Å². The Morgan fingerprint density at radius 1 is 0.944 bits per heavy atom. The molecular formula is C31H34N4O. The predicted octanol–water partition coefficient (Wildman–Crippen LogP) is 5.80. The molecule has 1 saturated heterocycles. The van der Waals surface area contributed by atoms with E-state index >= 15 is 0 Å². The van der Waals surface area contributed by atoms with E-state index < -0.39 is 0 Å². The molecule has 1 atom stereocenters. The summed E-state index contributed by atoms with van der Waals surface area (Å²) in [6, 6.07) is 25.7. The molecule has 1 N–H and O–H groups in total. The van der Waals surface area contributed by atoms with Crippen LogP contribution in [0.25, 0.3) is 11.0 Å². The smallest absolute Gasteiger partial charge is 0.223 e. The first-order chi connectivity index (χ1) is 17.7. The molecule has 0 spiro atoms. The quantitative estimate of drug-likeness (QED) is 0.394. The highest BCUT2D eigenvalue weighted by atomic mass is 16.2. The van der Waals surface area contributed by atoms with Gasteiger partial charge < -0.3 is 14.8 Å². The number of aryl methyl sites for hydroxylation is 2. The number of para-hydroxylation sites is 2. The molecule has 0 unspecified atom stereocenters. The summed E-state index contributed by atoms with van der Waals surface area (Å²) >= 11 is 0. The zero-order valence-corrected chi connectivity index (χ0v) is 21.0. The maximum absolute atomic E-state index is 13.3. The Labute approximate surface area is 213 Å². The Morgan fingerprint density at radius 2 is 1.69 bits per heavy atom. The van der Waals surface area contributed by atoms with Crippen LogP contribution in [-0.2, 0) is 17.8 Å². The molecule has 36 heavy (non-hydrogen) atoms. The van der Waals surface area contributed by atoms with Crippen LogP contribution in [0.5, 0.6) is 0 Å². The van der Waals surface area contributed by atoms with Crippen LogP contribution in [0.4, 0.5) is 5.95 Å². The van der Waals surface area contributed by atoms with Gasteiger partial charge in [0.1, 0.15) is 0 Å². The van der Waals surface area contributed by atoms with Crippen molar-refractivity contribution in [3.8, 4) is 0 Å². The van der Waals surface area contributed by atoms with Crippen molar-refractivity contribution < 1.29 is 4.79 Å². The Balaban J connectivity index is 1.17. The lowest BCUT2D eigenvalue weighted by Gasteiger charge is -2.34. The summed E-state index contributed by atoms with van der Waals surface area (Å²) in [7, 11) is 0. The van der Waals surface area contributed by atoms with Crippen molar-refractivity contribution in [2.45, 2.75) is 51.6 Å². The largest absolute Gasteiger partial charge is 0.349 e. The molecular weight excluding hydrogens is 444 g/mol. The van der Waals surface area contributed by atoms with Crippen LogP contribution in [0.1, 0.15) is 54.0 Å². The number of amides is 1. The third kappa shape index (κ3) is 4.39. The molecule has 5 heteroatoms. The summed E-state index contributed by atoms with van der Waals surface area (Å²) in [4.78, 5) is 20.7. The SMILES string of the molecule is Cc1ccccc1Cn1c(N2CCC(C(=O)N[C@@H]3CCCc4ccccc43)CC2)nc2ccccc21. The number of imidazole rings is 1. The van der Waals surface area contributed by atoms with Gasteiger partial charge in [-0.15, -0.1) is 0 Å². The number of carbonyl (C=O) groups is 1. The number of hydrogen-bond acceptors (Lipinski definition) is 3. The first-order valence-corrected chi connectivity index (χ1v) is 13.3. The molecule has 1 aromatic heterocycles. The van der Waals surface area contributed by atoms with Gasteiger partial charge in [-0.2, -0.15) is 0 Å². The first-order valence-electron chi connectivity index (χ1n) is 13.3. The summed E-state index contributed by atoms with van der Waals surface area (Å²) < 4.78 is 2.34. The lowest BCUT2D eigenvalue weighted by Crippen LogP contribution is -2.42. The molecule has 1 fully saturated rings. The molecule has 1 amide bonds. The molecule has 2 heterocycles. The van der Waals surface area contributed by atoms with Crippen LogP contribution < -0.4 is 10.2 Å². The lowest BCUT2D eigenvalue weighted by atomic mass is 9.87. The van der Waals surface area contributed by atoms with Gasteiger partial charge in [0.2, 0.25) is 11.9 Å². The monoisotopic (exact) mass is 478 g/mol. The maximum atomic E-state index is 13.3. The maximum Gasteiger partial charge on any atom is 0.223 e. The first kappa shape index (κ1) is 22.8. The fourth-order valence-corrected chi connectivity index (χ4v) is 5.95. The zero-order chi connectivity index (χ0) is 24.5.